The molecular weight excluding hydrogens is 248 g/mol. The number of unbranched alkanes of at least 4 members (excludes halogenated alkanes) is 3. The molecule has 0 spiro atoms. The number of hydrogen-bond donors (Lipinski definition) is 1. The fourth-order valence-corrected chi connectivity index (χ4v) is 2.94. The van der Waals surface area contributed by atoms with Crippen LogP contribution in [0, 0.1) is 11.8 Å². The first-order valence-electron chi connectivity index (χ1n) is 8.59. The minimum absolute atomic E-state index is 0.448. The Hall–Kier alpha value is -0.120. The lowest BCUT2D eigenvalue weighted by atomic mass is 9.95. The van der Waals surface area contributed by atoms with Crippen molar-refractivity contribution in [3.8, 4) is 0 Å². The van der Waals surface area contributed by atoms with Gasteiger partial charge in [0, 0.05) is 13.7 Å². The number of rotatable bonds is 10. The summed E-state index contributed by atoms with van der Waals surface area (Å²) in [4.78, 5) is 2.59. The highest BCUT2D eigenvalue weighted by Crippen LogP contribution is 2.19. The van der Waals surface area contributed by atoms with Crippen molar-refractivity contribution >= 4 is 0 Å². The number of piperidine rings is 1. The SMILES string of the molecule is COC1CN(CCCCCCNCC(C)C)CCC1C. The smallest absolute Gasteiger partial charge is 0.0724 e. The van der Waals surface area contributed by atoms with E-state index < -0.39 is 0 Å². The van der Waals surface area contributed by atoms with E-state index in [1.54, 1.807) is 0 Å². The largest absolute Gasteiger partial charge is 0.380 e. The first kappa shape index (κ1) is 17.9. The summed E-state index contributed by atoms with van der Waals surface area (Å²) in [6, 6.07) is 0. The Morgan fingerprint density at radius 1 is 1.20 bits per heavy atom. The maximum Gasteiger partial charge on any atom is 0.0724 e. The molecule has 1 aliphatic rings. The zero-order valence-corrected chi connectivity index (χ0v) is 14.2. The van der Waals surface area contributed by atoms with Gasteiger partial charge in [-0.25, -0.2) is 0 Å². The number of nitrogens with one attached hydrogen (secondary N) is 1. The molecule has 20 heavy (non-hydrogen) atoms. The van der Waals surface area contributed by atoms with Crippen molar-refractivity contribution in [2.45, 2.75) is 59.0 Å². The summed E-state index contributed by atoms with van der Waals surface area (Å²) in [5.41, 5.74) is 0. The second-order valence-corrected chi connectivity index (χ2v) is 6.85. The van der Waals surface area contributed by atoms with Crippen LogP contribution in [0.4, 0.5) is 0 Å². The van der Waals surface area contributed by atoms with E-state index in [2.05, 4.69) is 31.0 Å². The van der Waals surface area contributed by atoms with Crippen LogP contribution < -0.4 is 5.32 Å². The van der Waals surface area contributed by atoms with Crippen LogP contribution >= 0.6 is 0 Å². The van der Waals surface area contributed by atoms with Crippen molar-refractivity contribution in [2.75, 3.05) is 39.8 Å². The maximum atomic E-state index is 5.57. The predicted molar refractivity (Wildman–Crippen MR) is 87.2 cm³/mol. The lowest BCUT2D eigenvalue weighted by molar-refractivity contribution is -0.00525. The van der Waals surface area contributed by atoms with E-state index in [1.165, 1.54) is 51.7 Å². The summed E-state index contributed by atoms with van der Waals surface area (Å²) in [7, 11) is 1.86. The Morgan fingerprint density at radius 2 is 1.95 bits per heavy atom. The molecule has 0 bridgehead atoms. The predicted octanol–water partition coefficient (Wildman–Crippen LogP) is 3.15. The van der Waals surface area contributed by atoms with E-state index in [-0.39, 0.29) is 0 Å². The van der Waals surface area contributed by atoms with Crippen molar-refractivity contribution in [3.05, 3.63) is 0 Å². The van der Waals surface area contributed by atoms with Crippen LogP contribution in [0.5, 0.6) is 0 Å². The molecular formula is C17H36N2O. The van der Waals surface area contributed by atoms with Gasteiger partial charge in [-0.05, 0) is 57.3 Å². The van der Waals surface area contributed by atoms with Gasteiger partial charge < -0.3 is 15.0 Å². The zero-order valence-electron chi connectivity index (χ0n) is 14.2. The fourth-order valence-electron chi connectivity index (χ4n) is 2.94. The average molecular weight is 284 g/mol. The van der Waals surface area contributed by atoms with Crippen molar-refractivity contribution in [1.29, 1.82) is 0 Å². The number of methoxy groups -OCH3 is 1. The van der Waals surface area contributed by atoms with Crippen LogP contribution in [0.15, 0.2) is 0 Å². The van der Waals surface area contributed by atoms with Crippen LogP contribution in [-0.4, -0.2) is 50.8 Å². The molecule has 1 N–H and O–H groups in total. The lowest BCUT2D eigenvalue weighted by Crippen LogP contribution is -2.44. The van der Waals surface area contributed by atoms with Gasteiger partial charge in [-0.1, -0.05) is 33.6 Å². The Balaban J connectivity index is 1.94. The lowest BCUT2D eigenvalue weighted by Gasteiger charge is -2.36. The third-order valence-electron chi connectivity index (χ3n) is 4.41. The van der Waals surface area contributed by atoms with Crippen molar-refractivity contribution < 1.29 is 4.74 Å². The van der Waals surface area contributed by atoms with Gasteiger partial charge in [-0.15, -0.1) is 0 Å². The van der Waals surface area contributed by atoms with Crippen LogP contribution in [0.2, 0.25) is 0 Å². The summed E-state index contributed by atoms with van der Waals surface area (Å²) < 4.78 is 5.57. The fraction of sp³-hybridized carbons (Fsp3) is 1.00. The van der Waals surface area contributed by atoms with E-state index in [0.29, 0.717) is 6.10 Å². The Bertz CT molecular complexity index is 233. The highest BCUT2D eigenvalue weighted by atomic mass is 16.5. The van der Waals surface area contributed by atoms with Crippen LogP contribution in [0.3, 0.4) is 0 Å². The summed E-state index contributed by atoms with van der Waals surface area (Å²) in [5.74, 6) is 1.49. The van der Waals surface area contributed by atoms with E-state index >= 15 is 0 Å². The molecule has 0 aromatic carbocycles. The Labute approximate surface area is 126 Å². The molecule has 2 atom stereocenters. The summed E-state index contributed by atoms with van der Waals surface area (Å²) >= 11 is 0. The number of likely N-dealkylation sites (tertiary alicyclic amines) is 1. The second kappa shape index (κ2) is 10.6. The molecule has 1 saturated heterocycles. The molecule has 1 fully saturated rings. The molecule has 3 heteroatoms. The molecule has 1 heterocycles. The zero-order chi connectivity index (χ0) is 14.8. The van der Waals surface area contributed by atoms with E-state index in [0.717, 1.165) is 24.9 Å². The molecule has 0 aliphatic carbocycles. The molecule has 0 radical (unpaired) electrons. The molecule has 2 unspecified atom stereocenters. The molecule has 1 aliphatic heterocycles. The summed E-state index contributed by atoms with van der Waals surface area (Å²) in [5, 5.41) is 3.52. The third kappa shape index (κ3) is 7.61. The quantitative estimate of drug-likeness (QED) is 0.624. The van der Waals surface area contributed by atoms with E-state index in [4.69, 9.17) is 4.74 Å². The first-order valence-corrected chi connectivity index (χ1v) is 8.59. The van der Waals surface area contributed by atoms with Gasteiger partial charge >= 0.3 is 0 Å². The molecule has 0 saturated carbocycles. The van der Waals surface area contributed by atoms with Crippen molar-refractivity contribution in [2.24, 2.45) is 11.8 Å². The standard InChI is InChI=1S/C17H36N2O/c1-15(2)13-18-10-7-5-6-8-11-19-12-9-16(3)17(14-19)20-4/h15-18H,5-14H2,1-4H3. The van der Waals surface area contributed by atoms with E-state index in [9.17, 15) is 0 Å². The van der Waals surface area contributed by atoms with Crippen LogP contribution in [-0.2, 0) is 4.74 Å². The highest BCUT2D eigenvalue weighted by molar-refractivity contribution is 4.78. The van der Waals surface area contributed by atoms with Gasteiger partial charge in [0.15, 0.2) is 0 Å². The van der Waals surface area contributed by atoms with Gasteiger partial charge in [-0.2, -0.15) is 0 Å². The van der Waals surface area contributed by atoms with Crippen LogP contribution in [0.25, 0.3) is 0 Å². The average Bonchev–Trinajstić information content (AvgIpc) is 2.43. The number of nitrogens with zero attached hydrogens (tertiary/aromatic N) is 1. The monoisotopic (exact) mass is 284 g/mol. The number of ether oxygens (including phenoxy) is 1. The Morgan fingerprint density at radius 3 is 2.65 bits per heavy atom. The van der Waals surface area contributed by atoms with Crippen molar-refractivity contribution in [1.82, 2.24) is 10.2 Å². The van der Waals surface area contributed by atoms with Crippen molar-refractivity contribution in [3.63, 3.8) is 0 Å². The first-order chi connectivity index (χ1) is 9.63. The normalized spacial score (nSPS) is 24.4. The highest BCUT2D eigenvalue weighted by Gasteiger charge is 2.25. The third-order valence-corrected chi connectivity index (χ3v) is 4.41. The van der Waals surface area contributed by atoms with Gasteiger partial charge in [0.1, 0.15) is 0 Å². The minimum atomic E-state index is 0.448. The van der Waals surface area contributed by atoms with Gasteiger partial charge in [0.2, 0.25) is 0 Å². The van der Waals surface area contributed by atoms with Gasteiger partial charge in [-0.3, -0.25) is 0 Å². The van der Waals surface area contributed by atoms with Gasteiger partial charge in [0.05, 0.1) is 6.10 Å². The summed E-state index contributed by atoms with van der Waals surface area (Å²) in [6.07, 6.45) is 7.14. The maximum absolute atomic E-state index is 5.57. The second-order valence-electron chi connectivity index (χ2n) is 6.85. The number of hydrogen-bond acceptors (Lipinski definition) is 3. The minimum Gasteiger partial charge on any atom is -0.380 e. The van der Waals surface area contributed by atoms with Gasteiger partial charge in [0.25, 0.3) is 0 Å². The Kier molecular flexibility index (Phi) is 9.49. The molecule has 0 aromatic heterocycles. The summed E-state index contributed by atoms with van der Waals surface area (Å²) in [6.45, 7) is 12.8. The molecule has 0 aromatic rings. The van der Waals surface area contributed by atoms with Crippen LogP contribution in [0.1, 0.15) is 52.9 Å². The topological polar surface area (TPSA) is 24.5 Å². The molecule has 0 amide bonds. The van der Waals surface area contributed by atoms with E-state index in [1.807, 2.05) is 7.11 Å². The molecule has 3 nitrogen and oxygen atoms in total. The molecule has 120 valence electrons. The molecule has 1 rings (SSSR count).